The molecule has 0 bridgehead atoms. The number of nitrogens with zero attached hydrogens (tertiary/aromatic N) is 2. The van der Waals surface area contributed by atoms with Crippen LogP contribution in [0, 0.1) is 0 Å². The first-order valence-corrected chi connectivity index (χ1v) is 7.02. The van der Waals surface area contributed by atoms with Crippen LogP contribution in [0.25, 0.3) is 0 Å². The van der Waals surface area contributed by atoms with E-state index in [1.807, 2.05) is 0 Å². The highest BCUT2D eigenvalue weighted by Gasteiger charge is 2.25. The molecule has 2 rings (SSSR count). The van der Waals surface area contributed by atoms with E-state index in [-0.39, 0.29) is 5.95 Å². The molecule has 0 spiro atoms. The molecule has 0 radical (unpaired) electrons. The maximum Gasteiger partial charge on any atom is 0.323 e. The predicted molar refractivity (Wildman–Crippen MR) is 77.9 cm³/mol. The molecule has 1 unspecified atom stereocenters. The summed E-state index contributed by atoms with van der Waals surface area (Å²) in [6, 6.07) is 4.91. The average molecular weight is 333 g/mol. The van der Waals surface area contributed by atoms with Gasteiger partial charge < -0.3 is 10.5 Å². The second-order valence-corrected chi connectivity index (χ2v) is 5.58. The molecule has 20 heavy (non-hydrogen) atoms. The Balaban J connectivity index is 2.31. The van der Waals surface area contributed by atoms with Gasteiger partial charge in [-0.05, 0) is 17.7 Å². The highest BCUT2D eigenvalue weighted by Crippen LogP contribution is 2.36. The number of carbonyl (C=O) groups is 1. The number of thioether (sulfide) groups is 1. The van der Waals surface area contributed by atoms with Gasteiger partial charge in [0.05, 0.1) is 17.2 Å². The molecule has 1 aromatic heterocycles. The third kappa shape index (κ3) is 3.36. The van der Waals surface area contributed by atoms with Crippen LogP contribution in [0.2, 0.25) is 10.0 Å². The lowest BCUT2D eigenvalue weighted by Gasteiger charge is -2.13. The van der Waals surface area contributed by atoms with Crippen LogP contribution in [0.1, 0.15) is 10.8 Å². The SMILES string of the molecule is COC(=O)C(Sc1n[nH]c(N)n1)c1ccc(Cl)c(Cl)c1. The average Bonchev–Trinajstić information content (AvgIpc) is 2.84. The van der Waals surface area contributed by atoms with Gasteiger partial charge in [-0.3, -0.25) is 4.79 Å². The van der Waals surface area contributed by atoms with Gasteiger partial charge >= 0.3 is 5.97 Å². The highest BCUT2D eigenvalue weighted by atomic mass is 35.5. The standard InChI is InChI=1S/C11H10Cl2N4O2S/c1-19-9(18)8(20-11-15-10(14)16-17-11)5-2-3-6(12)7(13)4-5/h2-4,8H,1H3,(H3,14,15,16,17). The molecule has 0 aliphatic rings. The molecule has 0 amide bonds. The number of nitrogens with two attached hydrogens (primary N) is 1. The van der Waals surface area contributed by atoms with Gasteiger partial charge in [0.15, 0.2) is 0 Å². The van der Waals surface area contributed by atoms with Crippen molar-refractivity contribution in [3.8, 4) is 0 Å². The number of anilines is 1. The third-order valence-electron chi connectivity index (χ3n) is 2.37. The molecule has 3 N–H and O–H groups in total. The number of halogens is 2. The third-order valence-corrected chi connectivity index (χ3v) is 4.20. The van der Waals surface area contributed by atoms with Gasteiger partial charge in [-0.15, -0.1) is 5.10 Å². The summed E-state index contributed by atoms with van der Waals surface area (Å²) in [5.74, 6) is -0.276. The minimum Gasteiger partial charge on any atom is -0.468 e. The number of aromatic amines is 1. The Labute approximate surface area is 129 Å². The maximum atomic E-state index is 11.9. The summed E-state index contributed by atoms with van der Waals surface area (Å²) in [6.45, 7) is 0. The van der Waals surface area contributed by atoms with E-state index in [1.54, 1.807) is 18.2 Å². The van der Waals surface area contributed by atoms with Crippen molar-refractivity contribution in [3.63, 3.8) is 0 Å². The van der Waals surface area contributed by atoms with Crippen molar-refractivity contribution in [3.05, 3.63) is 33.8 Å². The van der Waals surface area contributed by atoms with Gasteiger partial charge in [0.2, 0.25) is 11.1 Å². The molecule has 106 valence electrons. The van der Waals surface area contributed by atoms with Gasteiger partial charge in [-0.1, -0.05) is 41.0 Å². The number of esters is 1. The van der Waals surface area contributed by atoms with Gasteiger partial charge in [0.1, 0.15) is 5.25 Å². The lowest BCUT2D eigenvalue weighted by atomic mass is 10.1. The van der Waals surface area contributed by atoms with E-state index in [1.165, 1.54) is 7.11 Å². The molecule has 1 atom stereocenters. The minimum absolute atomic E-state index is 0.172. The topological polar surface area (TPSA) is 93.9 Å². The molecule has 0 fully saturated rings. The number of ether oxygens (including phenoxy) is 1. The molecule has 0 saturated carbocycles. The van der Waals surface area contributed by atoms with Crippen molar-refractivity contribution < 1.29 is 9.53 Å². The number of rotatable bonds is 4. The normalized spacial score (nSPS) is 12.2. The lowest BCUT2D eigenvalue weighted by Crippen LogP contribution is -2.11. The largest absolute Gasteiger partial charge is 0.468 e. The molecule has 0 saturated heterocycles. The van der Waals surface area contributed by atoms with Crippen LogP contribution in [0.4, 0.5) is 5.95 Å². The summed E-state index contributed by atoms with van der Waals surface area (Å²) in [5, 5.41) is 6.81. The van der Waals surface area contributed by atoms with Crippen LogP contribution in [0.5, 0.6) is 0 Å². The Kier molecular flexibility index (Phi) is 4.74. The Bertz CT molecular complexity index is 635. The molecule has 9 heteroatoms. The predicted octanol–water partition coefficient (Wildman–Crippen LogP) is 2.70. The first-order chi connectivity index (χ1) is 9.51. The van der Waals surface area contributed by atoms with E-state index in [0.29, 0.717) is 20.8 Å². The minimum atomic E-state index is -0.662. The summed E-state index contributed by atoms with van der Waals surface area (Å²) in [7, 11) is 1.31. The van der Waals surface area contributed by atoms with Gasteiger partial charge in [0.25, 0.3) is 0 Å². The Hall–Kier alpha value is -1.44. The number of nitrogens with one attached hydrogen (secondary N) is 1. The number of nitrogen functional groups attached to an aromatic ring is 1. The summed E-state index contributed by atoms with van der Waals surface area (Å²) < 4.78 is 4.78. The van der Waals surface area contributed by atoms with E-state index in [2.05, 4.69) is 15.2 Å². The zero-order chi connectivity index (χ0) is 14.7. The fourth-order valence-corrected chi connectivity index (χ4v) is 2.69. The molecule has 0 aliphatic carbocycles. The molecular weight excluding hydrogens is 323 g/mol. The number of benzene rings is 1. The van der Waals surface area contributed by atoms with E-state index in [4.69, 9.17) is 33.7 Å². The van der Waals surface area contributed by atoms with E-state index in [0.717, 1.165) is 11.8 Å². The smallest absolute Gasteiger partial charge is 0.323 e. The molecular formula is C11H10Cl2N4O2S. The molecule has 1 aromatic carbocycles. The van der Waals surface area contributed by atoms with Gasteiger partial charge in [-0.25, -0.2) is 5.10 Å². The first kappa shape index (κ1) is 15.0. The number of aromatic nitrogens is 3. The first-order valence-electron chi connectivity index (χ1n) is 5.38. The number of hydrogen-bond acceptors (Lipinski definition) is 6. The lowest BCUT2D eigenvalue weighted by molar-refractivity contribution is -0.140. The van der Waals surface area contributed by atoms with Gasteiger partial charge in [-0.2, -0.15) is 4.98 Å². The van der Waals surface area contributed by atoms with Crippen molar-refractivity contribution >= 4 is 46.9 Å². The quantitative estimate of drug-likeness (QED) is 0.660. The van der Waals surface area contributed by atoms with E-state index < -0.39 is 11.2 Å². The number of H-pyrrole nitrogens is 1. The number of hydrogen-bond donors (Lipinski definition) is 2. The zero-order valence-corrected chi connectivity index (χ0v) is 12.6. The van der Waals surface area contributed by atoms with Crippen molar-refractivity contribution in [1.29, 1.82) is 0 Å². The monoisotopic (exact) mass is 332 g/mol. The van der Waals surface area contributed by atoms with Crippen LogP contribution in [-0.2, 0) is 9.53 Å². The molecule has 1 heterocycles. The van der Waals surface area contributed by atoms with Crippen LogP contribution >= 0.6 is 35.0 Å². The second-order valence-electron chi connectivity index (χ2n) is 3.70. The second kappa shape index (κ2) is 6.34. The Morgan fingerprint density at radius 2 is 2.20 bits per heavy atom. The maximum absolute atomic E-state index is 11.9. The fraction of sp³-hybridized carbons (Fsp3) is 0.182. The Morgan fingerprint density at radius 1 is 1.45 bits per heavy atom. The zero-order valence-electron chi connectivity index (χ0n) is 10.3. The summed E-state index contributed by atoms with van der Waals surface area (Å²) in [4.78, 5) is 15.8. The van der Waals surface area contributed by atoms with E-state index in [9.17, 15) is 4.79 Å². The van der Waals surface area contributed by atoms with Crippen molar-refractivity contribution in [2.45, 2.75) is 10.4 Å². The number of carbonyl (C=O) groups excluding carboxylic acids is 1. The number of methoxy groups -OCH3 is 1. The Morgan fingerprint density at radius 3 is 2.75 bits per heavy atom. The van der Waals surface area contributed by atoms with Crippen molar-refractivity contribution in [2.24, 2.45) is 0 Å². The van der Waals surface area contributed by atoms with Crippen LogP contribution < -0.4 is 5.73 Å². The summed E-state index contributed by atoms with van der Waals surface area (Å²) in [6.07, 6.45) is 0. The summed E-state index contributed by atoms with van der Waals surface area (Å²) in [5.41, 5.74) is 6.09. The fourth-order valence-electron chi connectivity index (χ4n) is 1.45. The van der Waals surface area contributed by atoms with Crippen LogP contribution in [-0.4, -0.2) is 28.3 Å². The van der Waals surface area contributed by atoms with Crippen molar-refractivity contribution in [1.82, 2.24) is 15.2 Å². The van der Waals surface area contributed by atoms with E-state index >= 15 is 0 Å². The van der Waals surface area contributed by atoms with Crippen molar-refractivity contribution in [2.75, 3.05) is 12.8 Å². The van der Waals surface area contributed by atoms with Crippen LogP contribution in [0.15, 0.2) is 23.4 Å². The molecule has 2 aromatic rings. The summed E-state index contributed by atoms with van der Waals surface area (Å²) >= 11 is 12.9. The molecule has 0 aliphatic heterocycles. The highest BCUT2D eigenvalue weighted by molar-refractivity contribution is 8.00. The van der Waals surface area contributed by atoms with Gasteiger partial charge in [0, 0.05) is 0 Å². The molecule has 6 nitrogen and oxygen atoms in total. The van der Waals surface area contributed by atoms with Crippen LogP contribution in [0.3, 0.4) is 0 Å².